The summed E-state index contributed by atoms with van der Waals surface area (Å²) in [5.74, 6) is 0. The molecule has 2 N–H and O–H groups in total. The van der Waals surface area contributed by atoms with E-state index in [0.717, 1.165) is 4.88 Å². The van der Waals surface area contributed by atoms with Gasteiger partial charge in [0.1, 0.15) is 0 Å². The number of hydrogen-bond acceptors (Lipinski definition) is 4. The standard InChI is InChI=1S/C4H5BBrNO2S/c1-2-3(5(8)9)7-4(6)10-2/h8-9H,1H3. The molecule has 0 bridgehead atoms. The van der Waals surface area contributed by atoms with E-state index in [2.05, 4.69) is 20.9 Å². The van der Waals surface area contributed by atoms with Gasteiger partial charge in [-0.2, -0.15) is 0 Å². The summed E-state index contributed by atoms with van der Waals surface area (Å²) in [4.78, 5) is 4.67. The van der Waals surface area contributed by atoms with Crippen molar-refractivity contribution < 1.29 is 10.0 Å². The van der Waals surface area contributed by atoms with Crippen LogP contribution in [0.5, 0.6) is 0 Å². The molecule has 0 radical (unpaired) electrons. The molecule has 6 heteroatoms. The van der Waals surface area contributed by atoms with E-state index in [1.54, 1.807) is 6.92 Å². The molecule has 0 aliphatic heterocycles. The smallest absolute Gasteiger partial charge is 0.422 e. The SMILES string of the molecule is Cc1sc(Br)nc1B(O)O. The van der Waals surface area contributed by atoms with E-state index in [0.29, 0.717) is 9.51 Å². The Balaban J connectivity index is 3.03. The van der Waals surface area contributed by atoms with Crippen LogP contribution in [0.3, 0.4) is 0 Å². The number of hydrogen-bond donors (Lipinski definition) is 2. The minimum atomic E-state index is -1.46. The van der Waals surface area contributed by atoms with Gasteiger partial charge in [0, 0.05) is 4.88 Å². The lowest BCUT2D eigenvalue weighted by Gasteiger charge is -1.91. The van der Waals surface area contributed by atoms with Gasteiger partial charge in [-0.25, -0.2) is 4.98 Å². The van der Waals surface area contributed by atoms with Crippen LogP contribution in [0, 0.1) is 6.92 Å². The lowest BCUT2D eigenvalue weighted by atomic mass is 9.86. The van der Waals surface area contributed by atoms with Crippen molar-refractivity contribution in [2.75, 3.05) is 0 Å². The van der Waals surface area contributed by atoms with Crippen LogP contribution < -0.4 is 5.59 Å². The van der Waals surface area contributed by atoms with Crippen molar-refractivity contribution in [1.82, 2.24) is 4.98 Å². The van der Waals surface area contributed by atoms with Gasteiger partial charge in [0.25, 0.3) is 0 Å². The zero-order valence-corrected chi connectivity index (χ0v) is 7.61. The molecule has 0 spiro atoms. The van der Waals surface area contributed by atoms with Gasteiger partial charge < -0.3 is 10.0 Å². The van der Waals surface area contributed by atoms with Crippen LogP contribution in [0.15, 0.2) is 3.92 Å². The highest BCUT2D eigenvalue weighted by Gasteiger charge is 2.18. The summed E-state index contributed by atoms with van der Waals surface area (Å²) >= 11 is 4.52. The summed E-state index contributed by atoms with van der Waals surface area (Å²) in [5.41, 5.74) is 0.330. The van der Waals surface area contributed by atoms with Crippen LogP contribution in [0.2, 0.25) is 0 Å². The largest absolute Gasteiger partial charge is 0.509 e. The molecule has 1 heterocycles. The Hall–Kier alpha value is 0.0949. The Morgan fingerprint density at radius 3 is 2.40 bits per heavy atom. The summed E-state index contributed by atoms with van der Waals surface area (Å²) in [5, 5.41) is 17.4. The maximum atomic E-state index is 8.70. The number of nitrogens with zero attached hydrogens (tertiary/aromatic N) is 1. The van der Waals surface area contributed by atoms with E-state index < -0.39 is 7.12 Å². The van der Waals surface area contributed by atoms with E-state index in [9.17, 15) is 0 Å². The molecule has 3 nitrogen and oxygen atoms in total. The van der Waals surface area contributed by atoms with E-state index in [1.807, 2.05) is 0 Å². The summed E-state index contributed by atoms with van der Waals surface area (Å²) in [7, 11) is -1.46. The average Bonchev–Trinajstić information content (AvgIpc) is 2.10. The average molecular weight is 222 g/mol. The van der Waals surface area contributed by atoms with Gasteiger partial charge in [-0.1, -0.05) is 0 Å². The van der Waals surface area contributed by atoms with Gasteiger partial charge >= 0.3 is 7.12 Å². The Morgan fingerprint density at radius 1 is 1.60 bits per heavy atom. The quantitative estimate of drug-likeness (QED) is 0.652. The molecule has 0 unspecified atom stereocenters. The zero-order chi connectivity index (χ0) is 7.72. The van der Waals surface area contributed by atoms with Crippen molar-refractivity contribution in [3.63, 3.8) is 0 Å². The molecular formula is C4H5BBrNO2S. The predicted molar refractivity (Wildman–Crippen MR) is 44.4 cm³/mol. The first-order valence-corrected chi connectivity index (χ1v) is 4.21. The third kappa shape index (κ3) is 1.57. The molecule has 10 heavy (non-hydrogen) atoms. The van der Waals surface area contributed by atoms with Crippen LogP contribution in [0.1, 0.15) is 4.88 Å². The topological polar surface area (TPSA) is 53.4 Å². The molecule has 0 amide bonds. The summed E-state index contributed by atoms with van der Waals surface area (Å²) in [6.07, 6.45) is 0. The van der Waals surface area contributed by atoms with Crippen molar-refractivity contribution in [2.45, 2.75) is 6.92 Å². The van der Waals surface area contributed by atoms with E-state index in [-0.39, 0.29) is 0 Å². The highest BCUT2D eigenvalue weighted by Crippen LogP contribution is 2.15. The molecule has 0 aliphatic carbocycles. The number of thiazole rings is 1. The zero-order valence-electron chi connectivity index (χ0n) is 5.21. The van der Waals surface area contributed by atoms with Gasteiger partial charge in [-0.3, -0.25) is 0 Å². The lowest BCUT2D eigenvalue weighted by Crippen LogP contribution is -2.32. The molecule has 0 fully saturated rings. The van der Waals surface area contributed by atoms with Gasteiger partial charge in [-0.15, -0.1) is 11.3 Å². The Morgan fingerprint density at radius 2 is 2.20 bits per heavy atom. The monoisotopic (exact) mass is 221 g/mol. The molecule has 0 saturated carbocycles. The maximum Gasteiger partial charge on any atom is 0.509 e. The minimum Gasteiger partial charge on any atom is -0.422 e. The second kappa shape index (κ2) is 3.00. The molecule has 1 aromatic rings. The van der Waals surface area contributed by atoms with E-state index in [1.165, 1.54) is 11.3 Å². The first-order valence-electron chi connectivity index (χ1n) is 2.60. The summed E-state index contributed by atoms with van der Waals surface area (Å²) in [6.45, 7) is 1.79. The molecule has 0 atom stereocenters. The van der Waals surface area contributed by atoms with Crippen LogP contribution in [0.25, 0.3) is 0 Å². The van der Waals surface area contributed by atoms with Gasteiger partial charge in [0.15, 0.2) is 3.92 Å². The summed E-state index contributed by atoms with van der Waals surface area (Å²) in [6, 6.07) is 0. The Kier molecular flexibility index (Phi) is 2.46. The second-order valence-electron chi connectivity index (χ2n) is 1.78. The second-order valence-corrected chi connectivity index (χ2v) is 4.26. The number of aryl methyl sites for hydroxylation is 1. The van der Waals surface area contributed by atoms with Gasteiger partial charge in [0.05, 0.1) is 5.59 Å². The highest BCUT2D eigenvalue weighted by molar-refractivity contribution is 9.11. The van der Waals surface area contributed by atoms with Crippen LogP contribution in [0.4, 0.5) is 0 Å². The van der Waals surface area contributed by atoms with E-state index in [4.69, 9.17) is 10.0 Å². The van der Waals surface area contributed by atoms with Crippen molar-refractivity contribution in [2.24, 2.45) is 0 Å². The molecule has 0 aliphatic rings. The Bertz CT molecular complexity index is 239. The first kappa shape index (κ1) is 8.19. The first-order chi connectivity index (χ1) is 4.61. The molecule has 54 valence electrons. The molecule has 0 aromatic carbocycles. The fourth-order valence-electron chi connectivity index (χ4n) is 0.614. The fourth-order valence-corrected chi connectivity index (χ4v) is 2.19. The van der Waals surface area contributed by atoms with Gasteiger partial charge in [-0.05, 0) is 22.9 Å². The third-order valence-corrected chi connectivity index (χ3v) is 2.49. The number of rotatable bonds is 1. The van der Waals surface area contributed by atoms with Crippen molar-refractivity contribution >= 4 is 40.0 Å². The van der Waals surface area contributed by atoms with Crippen LogP contribution in [-0.2, 0) is 0 Å². The van der Waals surface area contributed by atoms with E-state index >= 15 is 0 Å². The highest BCUT2D eigenvalue weighted by atomic mass is 79.9. The fraction of sp³-hybridized carbons (Fsp3) is 0.250. The van der Waals surface area contributed by atoms with Crippen molar-refractivity contribution in [3.05, 3.63) is 8.79 Å². The summed E-state index contributed by atoms with van der Waals surface area (Å²) < 4.78 is 0.674. The normalized spacial score (nSPS) is 10.0. The van der Waals surface area contributed by atoms with Crippen LogP contribution >= 0.6 is 27.3 Å². The Labute approximate surface area is 71.0 Å². The molecule has 1 aromatic heterocycles. The third-order valence-electron chi connectivity index (χ3n) is 1.05. The van der Waals surface area contributed by atoms with Crippen LogP contribution in [-0.4, -0.2) is 22.2 Å². The molecule has 0 saturated heterocycles. The number of halogens is 1. The minimum absolute atomic E-state index is 0.330. The predicted octanol–water partition coefficient (Wildman–Crippen LogP) is -0.106. The van der Waals surface area contributed by atoms with Crippen molar-refractivity contribution in [1.29, 1.82) is 0 Å². The molecule has 1 rings (SSSR count). The van der Waals surface area contributed by atoms with Gasteiger partial charge in [0.2, 0.25) is 0 Å². The lowest BCUT2D eigenvalue weighted by molar-refractivity contribution is 0.424. The maximum absolute atomic E-state index is 8.70. The number of aromatic nitrogens is 1. The molecular weight excluding hydrogens is 217 g/mol. The van der Waals surface area contributed by atoms with Crippen molar-refractivity contribution in [3.8, 4) is 0 Å².